The van der Waals surface area contributed by atoms with Crippen molar-refractivity contribution in [3.05, 3.63) is 71.3 Å². The molecule has 1 fully saturated rings. The fraction of sp³-hybridized carbons (Fsp3) is 0.417. The molecule has 29 heavy (non-hydrogen) atoms. The van der Waals surface area contributed by atoms with Crippen LogP contribution in [0, 0.1) is 12.8 Å². The molecule has 3 atom stereocenters. The monoisotopic (exact) mass is 394 g/mol. The Labute approximate surface area is 173 Å². The van der Waals surface area contributed by atoms with Crippen LogP contribution in [0.3, 0.4) is 0 Å². The first-order valence-corrected chi connectivity index (χ1v) is 10.2. The number of morpholine rings is 1. The highest BCUT2D eigenvalue weighted by Crippen LogP contribution is 2.26. The lowest BCUT2D eigenvalue weighted by Gasteiger charge is -2.39. The van der Waals surface area contributed by atoms with E-state index in [2.05, 4.69) is 5.32 Å². The minimum atomic E-state index is -0.579. The van der Waals surface area contributed by atoms with Crippen molar-refractivity contribution in [1.82, 2.24) is 10.2 Å². The molecule has 1 aliphatic rings. The highest BCUT2D eigenvalue weighted by Gasteiger charge is 2.34. The maximum atomic E-state index is 13.4. The zero-order valence-corrected chi connectivity index (χ0v) is 17.6. The predicted molar refractivity (Wildman–Crippen MR) is 114 cm³/mol. The number of nitrogens with one attached hydrogen (secondary N) is 1. The molecule has 3 rings (SSSR count). The summed E-state index contributed by atoms with van der Waals surface area (Å²) in [4.78, 5) is 27.9. The largest absolute Gasteiger partial charge is 0.367 e. The minimum Gasteiger partial charge on any atom is -0.367 e. The minimum absolute atomic E-state index is 0.0235. The molecule has 3 unspecified atom stereocenters. The van der Waals surface area contributed by atoms with Crippen LogP contribution in [0.25, 0.3) is 0 Å². The molecule has 5 nitrogen and oxygen atoms in total. The molecule has 0 aliphatic carbocycles. The van der Waals surface area contributed by atoms with Gasteiger partial charge in [-0.05, 0) is 37.5 Å². The van der Waals surface area contributed by atoms with Gasteiger partial charge in [0.25, 0.3) is 5.91 Å². The van der Waals surface area contributed by atoms with Crippen LogP contribution in [0.5, 0.6) is 0 Å². The average molecular weight is 395 g/mol. The Morgan fingerprint density at radius 3 is 2.45 bits per heavy atom. The van der Waals surface area contributed by atoms with E-state index in [4.69, 9.17) is 4.74 Å². The molecule has 0 spiro atoms. The zero-order valence-electron chi connectivity index (χ0n) is 17.6. The van der Waals surface area contributed by atoms with Gasteiger partial charge in [-0.2, -0.15) is 0 Å². The second-order valence-corrected chi connectivity index (χ2v) is 8.15. The first kappa shape index (κ1) is 21.1. The maximum Gasteiger partial charge on any atom is 0.251 e. The van der Waals surface area contributed by atoms with Crippen molar-refractivity contribution in [2.45, 2.75) is 45.9 Å². The second-order valence-electron chi connectivity index (χ2n) is 8.15. The van der Waals surface area contributed by atoms with Crippen LogP contribution >= 0.6 is 0 Å². The van der Waals surface area contributed by atoms with Gasteiger partial charge in [-0.15, -0.1) is 0 Å². The summed E-state index contributed by atoms with van der Waals surface area (Å²) in [5.74, 6) is -0.302. The molecule has 2 amide bonds. The van der Waals surface area contributed by atoms with Crippen LogP contribution in [0.4, 0.5) is 0 Å². The molecule has 1 heterocycles. The van der Waals surface area contributed by atoms with Gasteiger partial charge in [0, 0.05) is 12.1 Å². The SMILES string of the molecule is Cc1cccc(C(=O)NC(C(=O)N2CC(C)OC(c3ccccc3)C2)C(C)C)c1. The number of carbonyl (C=O) groups is 2. The molecule has 2 aromatic carbocycles. The van der Waals surface area contributed by atoms with Gasteiger partial charge >= 0.3 is 0 Å². The van der Waals surface area contributed by atoms with E-state index in [-0.39, 0.29) is 29.9 Å². The molecular formula is C24H30N2O3. The summed E-state index contributed by atoms with van der Waals surface area (Å²) in [6, 6.07) is 16.8. The van der Waals surface area contributed by atoms with E-state index in [1.165, 1.54) is 0 Å². The van der Waals surface area contributed by atoms with Gasteiger partial charge < -0.3 is 15.0 Å². The topological polar surface area (TPSA) is 58.6 Å². The number of rotatable bonds is 5. The number of hydrogen-bond donors (Lipinski definition) is 1. The Morgan fingerprint density at radius 1 is 1.07 bits per heavy atom. The number of amides is 2. The van der Waals surface area contributed by atoms with Gasteiger partial charge in [0.1, 0.15) is 12.1 Å². The van der Waals surface area contributed by atoms with E-state index in [0.717, 1.165) is 11.1 Å². The summed E-state index contributed by atoms with van der Waals surface area (Å²) in [5.41, 5.74) is 2.64. The number of nitrogens with zero attached hydrogens (tertiary/aromatic N) is 1. The third-order valence-electron chi connectivity index (χ3n) is 5.24. The number of carbonyl (C=O) groups excluding carboxylic acids is 2. The van der Waals surface area contributed by atoms with Crippen molar-refractivity contribution < 1.29 is 14.3 Å². The Hall–Kier alpha value is -2.66. The van der Waals surface area contributed by atoms with Crippen molar-refractivity contribution in [2.75, 3.05) is 13.1 Å². The molecule has 2 aromatic rings. The molecule has 0 saturated carbocycles. The van der Waals surface area contributed by atoms with Crippen molar-refractivity contribution in [3.63, 3.8) is 0 Å². The molecule has 1 N–H and O–H groups in total. The zero-order chi connectivity index (χ0) is 21.0. The summed E-state index contributed by atoms with van der Waals surface area (Å²) < 4.78 is 6.08. The summed E-state index contributed by atoms with van der Waals surface area (Å²) in [6.07, 6.45) is -0.234. The van der Waals surface area contributed by atoms with Crippen LogP contribution in [0.15, 0.2) is 54.6 Å². The van der Waals surface area contributed by atoms with E-state index < -0.39 is 6.04 Å². The van der Waals surface area contributed by atoms with E-state index in [0.29, 0.717) is 18.7 Å². The van der Waals surface area contributed by atoms with Crippen molar-refractivity contribution in [3.8, 4) is 0 Å². The van der Waals surface area contributed by atoms with Crippen molar-refractivity contribution in [1.29, 1.82) is 0 Å². The highest BCUT2D eigenvalue weighted by molar-refractivity contribution is 5.97. The van der Waals surface area contributed by atoms with Gasteiger partial charge in [-0.1, -0.05) is 61.9 Å². The lowest BCUT2D eigenvalue weighted by atomic mass is 10.00. The Balaban J connectivity index is 1.75. The standard InChI is InChI=1S/C24H30N2O3/c1-16(2)22(25-23(27)20-12-8-9-17(3)13-20)24(28)26-14-18(4)29-21(15-26)19-10-6-5-7-11-19/h5-13,16,18,21-22H,14-15H2,1-4H3,(H,25,27). The maximum absolute atomic E-state index is 13.4. The number of benzene rings is 2. The lowest BCUT2D eigenvalue weighted by Crippen LogP contribution is -2.55. The van der Waals surface area contributed by atoms with E-state index in [1.54, 1.807) is 6.07 Å². The summed E-state index contributed by atoms with van der Waals surface area (Å²) >= 11 is 0. The summed E-state index contributed by atoms with van der Waals surface area (Å²) in [6.45, 7) is 8.84. The van der Waals surface area contributed by atoms with Gasteiger partial charge in [-0.3, -0.25) is 9.59 Å². The first-order chi connectivity index (χ1) is 13.8. The first-order valence-electron chi connectivity index (χ1n) is 10.2. The average Bonchev–Trinajstić information content (AvgIpc) is 2.71. The number of aryl methyl sites for hydroxylation is 1. The Morgan fingerprint density at radius 2 is 1.79 bits per heavy atom. The Bertz CT molecular complexity index is 850. The fourth-order valence-corrected chi connectivity index (χ4v) is 3.70. The van der Waals surface area contributed by atoms with E-state index >= 15 is 0 Å². The second kappa shape index (κ2) is 9.23. The Kier molecular flexibility index (Phi) is 6.70. The summed E-state index contributed by atoms with van der Waals surface area (Å²) in [7, 11) is 0. The number of hydrogen-bond acceptors (Lipinski definition) is 3. The summed E-state index contributed by atoms with van der Waals surface area (Å²) in [5, 5.41) is 2.96. The normalized spacial score (nSPS) is 20.4. The highest BCUT2D eigenvalue weighted by atomic mass is 16.5. The lowest BCUT2D eigenvalue weighted by molar-refractivity contribution is -0.147. The molecule has 1 saturated heterocycles. The van der Waals surface area contributed by atoms with Crippen molar-refractivity contribution in [2.24, 2.45) is 5.92 Å². The van der Waals surface area contributed by atoms with Crippen LogP contribution < -0.4 is 5.32 Å². The molecule has 0 radical (unpaired) electrons. The number of ether oxygens (including phenoxy) is 1. The van der Waals surface area contributed by atoms with Crippen molar-refractivity contribution >= 4 is 11.8 Å². The van der Waals surface area contributed by atoms with E-state index in [9.17, 15) is 9.59 Å². The van der Waals surface area contributed by atoms with Crippen LogP contribution in [0.2, 0.25) is 0 Å². The fourth-order valence-electron chi connectivity index (χ4n) is 3.70. The van der Waals surface area contributed by atoms with E-state index in [1.807, 2.05) is 81.1 Å². The molecule has 5 heteroatoms. The predicted octanol–water partition coefficient (Wildman–Crippen LogP) is 3.74. The molecule has 0 aromatic heterocycles. The third kappa shape index (κ3) is 5.24. The van der Waals surface area contributed by atoms with Crippen LogP contribution in [-0.2, 0) is 9.53 Å². The van der Waals surface area contributed by atoms with Gasteiger partial charge in [-0.25, -0.2) is 0 Å². The molecular weight excluding hydrogens is 364 g/mol. The quantitative estimate of drug-likeness (QED) is 0.840. The van der Waals surface area contributed by atoms with Crippen LogP contribution in [0.1, 0.15) is 48.4 Å². The van der Waals surface area contributed by atoms with Gasteiger partial charge in [0.15, 0.2) is 0 Å². The molecule has 154 valence electrons. The van der Waals surface area contributed by atoms with Gasteiger partial charge in [0.2, 0.25) is 5.91 Å². The van der Waals surface area contributed by atoms with Crippen LogP contribution in [-0.4, -0.2) is 41.9 Å². The van der Waals surface area contributed by atoms with Gasteiger partial charge in [0.05, 0.1) is 12.6 Å². The third-order valence-corrected chi connectivity index (χ3v) is 5.24. The molecule has 0 bridgehead atoms. The smallest absolute Gasteiger partial charge is 0.251 e. The molecule has 1 aliphatic heterocycles.